The summed E-state index contributed by atoms with van der Waals surface area (Å²) in [7, 11) is 0. The molecule has 0 aromatic carbocycles. The summed E-state index contributed by atoms with van der Waals surface area (Å²) >= 11 is 0. The molecule has 0 aromatic rings. The second kappa shape index (κ2) is 5.48. The van der Waals surface area contributed by atoms with Gasteiger partial charge in [-0.15, -0.1) is 0 Å². The molecule has 2 aliphatic rings. The van der Waals surface area contributed by atoms with E-state index in [0.29, 0.717) is 25.8 Å². The molecule has 94 valence electrons. The van der Waals surface area contributed by atoms with Crippen LogP contribution in [0.5, 0.6) is 0 Å². The Hall–Kier alpha value is -0.120. The van der Waals surface area contributed by atoms with Crippen molar-refractivity contribution in [3.63, 3.8) is 0 Å². The van der Waals surface area contributed by atoms with Gasteiger partial charge in [-0.2, -0.15) is 0 Å². The average molecular weight is 227 g/mol. The predicted octanol–water partition coefficient (Wildman–Crippen LogP) is 1.70. The Morgan fingerprint density at radius 1 is 1.31 bits per heavy atom. The quantitative estimate of drug-likeness (QED) is 0.768. The first-order valence-electron chi connectivity index (χ1n) is 6.75. The predicted molar refractivity (Wildman–Crippen MR) is 64.4 cm³/mol. The summed E-state index contributed by atoms with van der Waals surface area (Å²) in [5, 5.41) is 13.7. The first-order valence-corrected chi connectivity index (χ1v) is 6.75. The molecule has 0 aromatic heterocycles. The maximum absolute atomic E-state index is 10.1. The minimum absolute atomic E-state index is 0.504. The SMILES string of the molecule is CCC1CCC(NCC2(O)CCOC2)CC1. The summed E-state index contributed by atoms with van der Waals surface area (Å²) in [5.41, 5.74) is -0.596. The fourth-order valence-corrected chi connectivity index (χ4v) is 2.85. The second-order valence-corrected chi connectivity index (χ2v) is 5.53. The van der Waals surface area contributed by atoms with Crippen molar-refractivity contribution in [2.45, 2.75) is 57.1 Å². The van der Waals surface area contributed by atoms with Gasteiger partial charge in [0, 0.05) is 25.6 Å². The lowest BCUT2D eigenvalue weighted by Gasteiger charge is -2.31. The van der Waals surface area contributed by atoms with Crippen molar-refractivity contribution in [1.29, 1.82) is 0 Å². The molecule has 2 N–H and O–H groups in total. The van der Waals surface area contributed by atoms with Gasteiger partial charge in [-0.25, -0.2) is 0 Å². The van der Waals surface area contributed by atoms with Gasteiger partial charge in [-0.1, -0.05) is 13.3 Å². The van der Waals surface area contributed by atoms with Crippen LogP contribution in [-0.4, -0.2) is 36.5 Å². The van der Waals surface area contributed by atoms with Gasteiger partial charge >= 0.3 is 0 Å². The molecule has 2 rings (SSSR count). The van der Waals surface area contributed by atoms with Crippen molar-refractivity contribution in [1.82, 2.24) is 5.32 Å². The molecule has 1 aliphatic heterocycles. The largest absolute Gasteiger partial charge is 0.386 e. The van der Waals surface area contributed by atoms with Crippen LogP contribution in [0.1, 0.15) is 45.4 Å². The zero-order chi connectivity index (χ0) is 11.4. The molecule has 1 saturated heterocycles. The molecule has 0 radical (unpaired) electrons. The molecule has 0 bridgehead atoms. The Morgan fingerprint density at radius 3 is 2.62 bits per heavy atom. The number of hydrogen-bond donors (Lipinski definition) is 2. The summed E-state index contributed by atoms with van der Waals surface area (Å²) in [4.78, 5) is 0. The van der Waals surface area contributed by atoms with Gasteiger partial charge in [0.25, 0.3) is 0 Å². The van der Waals surface area contributed by atoms with Gasteiger partial charge < -0.3 is 15.2 Å². The molecule has 3 heteroatoms. The fourth-order valence-electron chi connectivity index (χ4n) is 2.85. The van der Waals surface area contributed by atoms with E-state index in [9.17, 15) is 5.11 Å². The highest BCUT2D eigenvalue weighted by Crippen LogP contribution is 2.27. The van der Waals surface area contributed by atoms with Crippen LogP contribution in [0.15, 0.2) is 0 Å². The van der Waals surface area contributed by atoms with Crippen LogP contribution in [0.25, 0.3) is 0 Å². The van der Waals surface area contributed by atoms with Crippen molar-refractivity contribution >= 4 is 0 Å². The first kappa shape index (κ1) is 12.3. The molecule has 1 saturated carbocycles. The van der Waals surface area contributed by atoms with Crippen LogP contribution in [0.2, 0.25) is 0 Å². The highest BCUT2D eigenvalue weighted by atomic mass is 16.5. The summed E-state index contributed by atoms with van der Waals surface area (Å²) < 4.78 is 5.24. The van der Waals surface area contributed by atoms with Gasteiger partial charge in [0.1, 0.15) is 5.60 Å². The van der Waals surface area contributed by atoms with E-state index in [1.54, 1.807) is 0 Å². The third-order valence-electron chi connectivity index (χ3n) is 4.23. The van der Waals surface area contributed by atoms with Crippen LogP contribution < -0.4 is 5.32 Å². The lowest BCUT2D eigenvalue weighted by molar-refractivity contribution is 0.0232. The lowest BCUT2D eigenvalue weighted by atomic mass is 9.84. The van der Waals surface area contributed by atoms with Gasteiger partial charge in [-0.3, -0.25) is 0 Å². The number of aliphatic hydroxyl groups is 1. The monoisotopic (exact) mass is 227 g/mol. The molecule has 1 aliphatic carbocycles. The van der Waals surface area contributed by atoms with Crippen molar-refractivity contribution in [2.75, 3.05) is 19.8 Å². The summed E-state index contributed by atoms with van der Waals surface area (Å²) in [6.45, 7) is 4.20. The standard InChI is InChI=1S/C13H25NO2/c1-2-11-3-5-12(6-4-11)14-9-13(15)7-8-16-10-13/h11-12,14-15H,2-10H2,1H3. The number of hydrogen-bond acceptors (Lipinski definition) is 3. The maximum atomic E-state index is 10.1. The Bertz CT molecular complexity index is 206. The van der Waals surface area contributed by atoms with Crippen LogP contribution in [0.4, 0.5) is 0 Å². The van der Waals surface area contributed by atoms with E-state index < -0.39 is 5.60 Å². The number of ether oxygens (including phenoxy) is 1. The van der Waals surface area contributed by atoms with E-state index in [1.165, 1.54) is 32.1 Å². The topological polar surface area (TPSA) is 41.5 Å². The van der Waals surface area contributed by atoms with E-state index in [2.05, 4.69) is 12.2 Å². The van der Waals surface area contributed by atoms with Crippen molar-refractivity contribution in [3.8, 4) is 0 Å². The van der Waals surface area contributed by atoms with Crippen molar-refractivity contribution in [3.05, 3.63) is 0 Å². The summed E-state index contributed by atoms with van der Waals surface area (Å²) in [5.74, 6) is 0.941. The van der Waals surface area contributed by atoms with Crippen molar-refractivity contribution < 1.29 is 9.84 Å². The highest BCUT2D eigenvalue weighted by molar-refractivity contribution is 4.87. The van der Waals surface area contributed by atoms with Crippen LogP contribution in [0.3, 0.4) is 0 Å². The Kier molecular flexibility index (Phi) is 4.22. The van der Waals surface area contributed by atoms with Gasteiger partial charge in [0.2, 0.25) is 0 Å². The highest BCUT2D eigenvalue weighted by Gasteiger charge is 2.33. The summed E-state index contributed by atoms with van der Waals surface area (Å²) in [6.07, 6.45) is 7.35. The van der Waals surface area contributed by atoms with Gasteiger partial charge in [0.15, 0.2) is 0 Å². The van der Waals surface area contributed by atoms with E-state index in [-0.39, 0.29) is 0 Å². The molecule has 1 unspecified atom stereocenters. The first-order chi connectivity index (χ1) is 7.72. The van der Waals surface area contributed by atoms with Crippen molar-refractivity contribution in [2.24, 2.45) is 5.92 Å². The molecule has 0 amide bonds. The fraction of sp³-hybridized carbons (Fsp3) is 1.00. The van der Waals surface area contributed by atoms with E-state index in [4.69, 9.17) is 4.74 Å². The van der Waals surface area contributed by atoms with Crippen LogP contribution in [0, 0.1) is 5.92 Å². The second-order valence-electron chi connectivity index (χ2n) is 5.53. The molecule has 2 fully saturated rings. The normalized spacial score (nSPS) is 40.1. The van der Waals surface area contributed by atoms with Gasteiger partial charge in [-0.05, 0) is 31.6 Å². The number of nitrogens with one attached hydrogen (secondary N) is 1. The maximum Gasteiger partial charge on any atom is 0.102 e. The van der Waals surface area contributed by atoms with E-state index >= 15 is 0 Å². The molecule has 16 heavy (non-hydrogen) atoms. The molecule has 3 nitrogen and oxygen atoms in total. The zero-order valence-corrected chi connectivity index (χ0v) is 10.4. The average Bonchev–Trinajstić information content (AvgIpc) is 2.75. The van der Waals surface area contributed by atoms with Crippen LogP contribution in [-0.2, 0) is 4.74 Å². The summed E-state index contributed by atoms with van der Waals surface area (Å²) in [6, 6.07) is 0.618. The number of rotatable bonds is 4. The molecule has 1 atom stereocenters. The zero-order valence-electron chi connectivity index (χ0n) is 10.4. The van der Waals surface area contributed by atoms with Gasteiger partial charge in [0.05, 0.1) is 6.61 Å². The third-order valence-corrected chi connectivity index (χ3v) is 4.23. The smallest absolute Gasteiger partial charge is 0.102 e. The minimum atomic E-state index is -0.596. The molecule has 0 spiro atoms. The third kappa shape index (κ3) is 3.19. The van der Waals surface area contributed by atoms with Crippen LogP contribution >= 0.6 is 0 Å². The van der Waals surface area contributed by atoms with E-state index in [1.807, 2.05) is 0 Å². The Morgan fingerprint density at radius 2 is 2.06 bits per heavy atom. The lowest BCUT2D eigenvalue weighted by Crippen LogP contribution is -2.45. The Labute approximate surface area is 98.6 Å². The molecular weight excluding hydrogens is 202 g/mol. The minimum Gasteiger partial charge on any atom is -0.386 e. The molecular formula is C13H25NO2. The Balaban J connectivity index is 1.67. The van der Waals surface area contributed by atoms with E-state index in [0.717, 1.165) is 12.3 Å². The molecule has 1 heterocycles.